The molecule has 0 bridgehead atoms. The van der Waals surface area contributed by atoms with E-state index in [1.165, 1.54) is 19.9 Å². The van der Waals surface area contributed by atoms with Gasteiger partial charge in [-0.25, -0.2) is 0 Å². The van der Waals surface area contributed by atoms with Crippen molar-refractivity contribution in [3.63, 3.8) is 0 Å². The van der Waals surface area contributed by atoms with Gasteiger partial charge in [-0.05, 0) is 31.5 Å². The van der Waals surface area contributed by atoms with Crippen LogP contribution in [0.2, 0.25) is 0 Å². The minimum absolute atomic E-state index is 0.0538. The summed E-state index contributed by atoms with van der Waals surface area (Å²) < 4.78 is 75.2. The molecule has 0 aliphatic carbocycles. The first-order valence-electron chi connectivity index (χ1n) is 6.10. The van der Waals surface area contributed by atoms with Gasteiger partial charge < -0.3 is 5.11 Å². The fraction of sp³-hybridized carbons (Fsp3) is 0.538. The second-order valence-electron chi connectivity index (χ2n) is 4.96. The topological polar surface area (TPSA) is 23.5 Å². The van der Waals surface area contributed by atoms with Crippen LogP contribution in [-0.2, 0) is 12.7 Å². The van der Waals surface area contributed by atoms with Crippen LogP contribution < -0.4 is 0 Å². The van der Waals surface area contributed by atoms with Gasteiger partial charge in [0, 0.05) is 12.6 Å². The molecule has 1 aromatic carbocycles. The van der Waals surface area contributed by atoms with E-state index in [1.807, 2.05) is 0 Å². The van der Waals surface area contributed by atoms with Crippen molar-refractivity contribution in [3.05, 3.63) is 29.3 Å². The number of hydrogen-bond donors (Lipinski definition) is 1. The lowest BCUT2D eigenvalue weighted by molar-refractivity contribution is -0.151. The molecule has 0 unspecified atom stereocenters. The van der Waals surface area contributed by atoms with Crippen LogP contribution in [0.4, 0.5) is 26.3 Å². The minimum Gasteiger partial charge on any atom is -0.507 e. The SMILES string of the molecule is CC(C)N(Cc1ccc(O)c(C(F)(F)F)c1)CC(F)(F)F. The van der Waals surface area contributed by atoms with Gasteiger partial charge in [-0.3, -0.25) is 4.90 Å². The van der Waals surface area contributed by atoms with E-state index >= 15 is 0 Å². The minimum atomic E-state index is -4.76. The third-order valence-electron chi connectivity index (χ3n) is 2.86. The van der Waals surface area contributed by atoms with Crippen LogP contribution in [-0.4, -0.2) is 28.8 Å². The zero-order valence-corrected chi connectivity index (χ0v) is 11.4. The zero-order valence-electron chi connectivity index (χ0n) is 11.4. The second kappa shape index (κ2) is 6.13. The Hall–Kier alpha value is -1.44. The molecule has 0 saturated carbocycles. The summed E-state index contributed by atoms with van der Waals surface area (Å²) in [5.74, 6) is -0.946. The number of halogens is 6. The molecule has 0 spiro atoms. The molecule has 0 fully saturated rings. The van der Waals surface area contributed by atoms with Gasteiger partial charge in [-0.15, -0.1) is 0 Å². The van der Waals surface area contributed by atoms with E-state index in [0.717, 1.165) is 11.0 Å². The standard InChI is InChI=1S/C13H15F6NO/c1-8(2)20(7-12(14,15)16)6-9-3-4-11(21)10(5-9)13(17,18)19/h3-5,8,21H,6-7H2,1-2H3. The van der Waals surface area contributed by atoms with E-state index in [-0.39, 0.29) is 12.1 Å². The highest BCUT2D eigenvalue weighted by atomic mass is 19.4. The maximum atomic E-state index is 12.6. The van der Waals surface area contributed by atoms with E-state index in [2.05, 4.69) is 0 Å². The first kappa shape index (κ1) is 17.6. The molecule has 0 aliphatic rings. The van der Waals surface area contributed by atoms with Crippen molar-refractivity contribution in [1.29, 1.82) is 0 Å². The van der Waals surface area contributed by atoms with Crippen LogP contribution in [0.15, 0.2) is 18.2 Å². The van der Waals surface area contributed by atoms with Crippen LogP contribution >= 0.6 is 0 Å². The summed E-state index contributed by atoms with van der Waals surface area (Å²) in [7, 11) is 0. The van der Waals surface area contributed by atoms with Crippen molar-refractivity contribution in [2.24, 2.45) is 0 Å². The van der Waals surface area contributed by atoms with Crippen LogP contribution in [0.5, 0.6) is 5.75 Å². The summed E-state index contributed by atoms with van der Waals surface area (Å²) in [4.78, 5) is 1.01. The molecule has 8 heteroatoms. The molecule has 0 radical (unpaired) electrons. The van der Waals surface area contributed by atoms with E-state index in [0.29, 0.717) is 6.07 Å². The van der Waals surface area contributed by atoms with Gasteiger partial charge >= 0.3 is 12.4 Å². The summed E-state index contributed by atoms with van der Waals surface area (Å²) in [6, 6.07) is 2.19. The van der Waals surface area contributed by atoms with Gasteiger partial charge in [0.15, 0.2) is 0 Å². The Morgan fingerprint density at radius 2 is 1.67 bits per heavy atom. The first-order valence-corrected chi connectivity index (χ1v) is 6.10. The maximum Gasteiger partial charge on any atom is 0.419 e. The Kier molecular flexibility index (Phi) is 5.14. The molecule has 2 nitrogen and oxygen atoms in total. The molecule has 120 valence electrons. The van der Waals surface area contributed by atoms with Crippen molar-refractivity contribution < 1.29 is 31.4 Å². The lowest BCUT2D eigenvalue weighted by Gasteiger charge is -2.27. The molecule has 0 heterocycles. The molecule has 0 aliphatic heterocycles. The number of phenolic OH excluding ortho intramolecular Hbond substituents is 1. The second-order valence-corrected chi connectivity index (χ2v) is 4.96. The Morgan fingerprint density at radius 3 is 2.10 bits per heavy atom. The highest BCUT2D eigenvalue weighted by Gasteiger charge is 2.35. The number of rotatable bonds is 4. The number of nitrogens with zero attached hydrogens (tertiary/aromatic N) is 1. The Balaban J connectivity index is 3.00. The zero-order chi connectivity index (χ0) is 16.4. The number of phenols is 1. The van der Waals surface area contributed by atoms with Gasteiger partial charge in [-0.1, -0.05) is 6.07 Å². The fourth-order valence-electron chi connectivity index (χ4n) is 1.79. The Labute approximate surface area is 118 Å². The average molecular weight is 315 g/mol. The first-order chi connectivity index (χ1) is 9.40. The van der Waals surface area contributed by atoms with Crippen molar-refractivity contribution in [1.82, 2.24) is 4.90 Å². The Bertz CT molecular complexity index is 481. The number of hydrogen-bond acceptors (Lipinski definition) is 2. The van der Waals surface area contributed by atoms with Gasteiger partial charge in [0.05, 0.1) is 12.1 Å². The van der Waals surface area contributed by atoms with Crippen molar-refractivity contribution in [2.45, 2.75) is 38.8 Å². The quantitative estimate of drug-likeness (QED) is 0.843. The summed E-state index contributed by atoms with van der Waals surface area (Å²) in [6.07, 6.45) is -9.19. The van der Waals surface area contributed by atoms with E-state index in [1.54, 1.807) is 0 Å². The van der Waals surface area contributed by atoms with Crippen molar-refractivity contribution in [3.8, 4) is 5.75 Å². The molecule has 0 saturated heterocycles. The smallest absolute Gasteiger partial charge is 0.419 e. The van der Waals surface area contributed by atoms with Crippen molar-refractivity contribution >= 4 is 0 Å². The molecule has 1 rings (SSSR count). The van der Waals surface area contributed by atoms with Gasteiger partial charge in [0.25, 0.3) is 0 Å². The predicted octanol–water partition coefficient (Wildman–Crippen LogP) is 4.18. The third-order valence-corrected chi connectivity index (χ3v) is 2.86. The molecule has 1 aromatic rings. The van der Waals surface area contributed by atoms with E-state index in [9.17, 15) is 31.4 Å². The lowest BCUT2D eigenvalue weighted by Crippen LogP contribution is -2.38. The van der Waals surface area contributed by atoms with E-state index < -0.39 is 36.3 Å². The fourth-order valence-corrected chi connectivity index (χ4v) is 1.79. The van der Waals surface area contributed by atoms with E-state index in [4.69, 9.17) is 0 Å². The molecule has 0 atom stereocenters. The molecule has 21 heavy (non-hydrogen) atoms. The molecular weight excluding hydrogens is 300 g/mol. The van der Waals surface area contributed by atoms with Crippen molar-refractivity contribution in [2.75, 3.05) is 6.54 Å². The molecule has 0 amide bonds. The average Bonchev–Trinajstić information content (AvgIpc) is 2.27. The predicted molar refractivity (Wildman–Crippen MR) is 64.7 cm³/mol. The monoisotopic (exact) mass is 315 g/mol. The highest BCUT2D eigenvalue weighted by molar-refractivity contribution is 5.38. The van der Waals surface area contributed by atoms with Crippen LogP contribution in [0.3, 0.4) is 0 Å². The summed E-state index contributed by atoms with van der Waals surface area (Å²) in [6.45, 7) is 1.54. The van der Waals surface area contributed by atoms with Gasteiger partial charge in [-0.2, -0.15) is 26.3 Å². The summed E-state index contributed by atoms with van der Waals surface area (Å²) in [5.41, 5.74) is -1.20. The number of alkyl halides is 6. The lowest BCUT2D eigenvalue weighted by atomic mass is 10.1. The largest absolute Gasteiger partial charge is 0.507 e. The van der Waals surface area contributed by atoms with Gasteiger partial charge in [0.2, 0.25) is 0 Å². The summed E-state index contributed by atoms with van der Waals surface area (Å²) >= 11 is 0. The highest BCUT2D eigenvalue weighted by Crippen LogP contribution is 2.36. The third kappa shape index (κ3) is 5.45. The van der Waals surface area contributed by atoms with Crippen LogP contribution in [0.1, 0.15) is 25.0 Å². The van der Waals surface area contributed by atoms with Crippen LogP contribution in [0, 0.1) is 0 Å². The number of benzene rings is 1. The summed E-state index contributed by atoms with van der Waals surface area (Å²) in [5, 5.41) is 9.19. The number of aromatic hydroxyl groups is 1. The molecule has 0 aromatic heterocycles. The van der Waals surface area contributed by atoms with Crippen LogP contribution in [0.25, 0.3) is 0 Å². The van der Waals surface area contributed by atoms with Gasteiger partial charge in [0.1, 0.15) is 5.75 Å². The maximum absolute atomic E-state index is 12.6. The Morgan fingerprint density at radius 1 is 1.10 bits per heavy atom. The molecule has 1 N–H and O–H groups in total. The normalized spacial score (nSPS) is 13.2. The molecular formula is C13H15F6NO.